The SMILES string of the molecule is CC(O)C(NC(=O)C(N)CCCN=C(N)N)C(=O)NC(CC(=O)O)C(=O)NCC(=O)O. The molecule has 0 heterocycles. The van der Waals surface area contributed by atoms with E-state index in [1.165, 1.54) is 6.92 Å². The third kappa shape index (κ3) is 12.0. The molecule has 31 heavy (non-hydrogen) atoms. The van der Waals surface area contributed by atoms with Crippen molar-refractivity contribution < 1.29 is 39.3 Å². The summed E-state index contributed by atoms with van der Waals surface area (Å²) in [7, 11) is 0. The lowest BCUT2D eigenvalue weighted by atomic mass is 10.1. The summed E-state index contributed by atoms with van der Waals surface area (Å²) in [6.45, 7) is 0.619. The summed E-state index contributed by atoms with van der Waals surface area (Å²) in [6.07, 6.45) is -1.76. The lowest BCUT2D eigenvalue weighted by Gasteiger charge is -2.25. The predicted molar refractivity (Wildman–Crippen MR) is 106 cm³/mol. The standard InChI is InChI=1S/C16H29N7O8/c1-7(24)12(23-13(29)8(17)3-2-4-20-16(18)19)15(31)22-9(5-10(25)26)14(30)21-6-11(27)28/h7-9,12,24H,2-6,17H2,1H3,(H,21,30)(H,22,31)(H,23,29)(H,25,26)(H,27,28)(H4,18,19,20). The largest absolute Gasteiger partial charge is 0.481 e. The number of guanidine groups is 1. The Bertz CT molecular complexity index is 693. The van der Waals surface area contributed by atoms with Gasteiger partial charge in [0, 0.05) is 6.54 Å². The number of nitrogens with zero attached hydrogens (tertiary/aromatic N) is 1. The van der Waals surface area contributed by atoms with E-state index < -0.39 is 66.9 Å². The molecule has 0 aliphatic rings. The highest BCUT2D eigenvalue weighted by molar-refractivity contribution is 5.95. The van der Waals surface area contributed by atoms with E-state index in [2.05, 4.69) is 15.6 Å². The molecule has 0 aromatic carbocycles. The quantitative estimate of drug-likeness (QED) is 0.0693. The van der Waals surface area contributed by atoms with Crippen LogP contribution < -0.4 is 33.2 Å². The van der Waals surface area contributed by atoms with Gasteiger partial charge < -0.3 is 48.5 Å². The Morgan fingerprint density at radius 2 is 1.58 bits per heavy atom. The van der Waals surface area contributed by atoms with Crippen molar-refractivity contribution in [3.63, 3.8) is 0 Å². The number of amides is 3. The third-order valence-electron chi connectivity index (χ3n) is 3.79. The second-order valence-corrected chi connectivity index (χ2v) is 6.55. The Hall–Kier alpha value is -3.46. The molecule has 0 spiro atoms. The van der Waals surface area contributed by atoms with Gasteiger partial charge in [0.25, 0.3) is 0 Å². The number of nitrogens with two attached hydrogens (primary N) is 3. The Labute approximate surface area is 177 Å². The second-order valence-electron chi connectivity index (χ2n) is 6.55. The summed E-state index contributed by atoms with van der Waals surface area (Å²) in [5.74, 6) is -5.85. The van der Waals surface area contributed by atoms with Crippen molar-refractivity contribution in [1.29, 1.82) is 0 Å². The van der Waals surface area contributed by atoms with Crippen LogP contribution in [-0.4, -0.2) is 88.3 Å². The number of carboxylic acids is 2. The molecule has 0 radical (unpaired) electrons. The molecule has 0 bridgehead atoms. The van der Waals surface area contributed by atoms with E-state index >= 15 is 0 Å². The summed E-state index contributed by atoms with van der Waals surface area (Å²) in [6, 6.07) is -4.26. The maximum atomic E-state index is 12.5. The van der Waals surface area contributed by atoms with E-state index in [4.69, 9.17) is 27.4 Å². The molecule has 15 nitrogen and oxygen atoms in total. The average Bonchev–Trinajstić information content (AvgIpc) is 2.65. The first-order chi connectivity index (χ1) is 14.3. The van der Waals surface area contributed by atoms with Crippen LogP contribution in [0.4, 0.5) is 0 Å². The topological polar surface area (TPSA) is 273 Å². The molecule has 4 unspecified atom stereocenters. The summed E-state index contributed by atoms with van der Waals surface area (Å²) in [4.78, 5) is 61.9. The number of nitrogens with one attached hydrogen (secondary N) is 3. The molecular weight excluding hydrogens is 418 g/mol. The number of aliphatic carboxylic acids is 2. The number of hydrogen-bond acceptors (Lipinski definition) is 8. The summed E-state index contributed by atoms with van der Waals surface area (Å²) in [5, 5.41) is 33.6. The van der Waals surface area contributed by atoms with Crippen molar-refractivity contribution in [3.05, 3.63) is 0 Å². The fourth-order valence-corrected chi connectivity index (χ4v) is 2.25. The van der Waals surface area contributed by atoms with Gasteiger partial charge in [-0.25, -0.2) is 0 Å². The van der Waals surface area contributed by atoms with Gasteiger partial charge in [-0.3, -0.25) is 29.0 Å². The van der Waals surface area contributed by atoms with Crippen LogP contribution in [0.15, 0.2) is 4.99 Å². The Morgan fingerprint density at radius 3 is 2.06 bits per heavy atom. The van der Waals surface area contributed by atoms with Gasteiger partial charge in [-0.15, -0.1) is 0 Å². The van der Waals surface area contributed by atoms with Gasteiger partial charge >= 0.3 is 11.9 Å². The maximum Gasteiger partial charge on any atom is 0.322 e. The molecular formula is C16H29N7O8. The van der Waals surface area contributed by atoms with Gasteiger partial charge in [-0.05, 0) is 19.8 Å². The van der Waals surface area contributed by atoms with Crippen LogP contribution in [0.5, 0.6) is 0 Å². The monoisotopic (exact) mass is 447 g/mol. The van der Waals surface area contributed by atoms with Gasteiger partial charge in [0.15, 0.2) is 5.96 Å². The van der Waals surface area contributed by atoms with Crippen LogP contribution >= 0.6 is 0 Å². The number of carbonyl (C=O) groups excluding carboxylic acids is 3. The number of hydrogen-bond donors (Lipinski definition) is 9. The summed E-state index contributed by atoms with van der Waals surface area (Å²) >= 11 is 0. The van der Waals surface area contributed by atoms with Crippen LogP contribution in [-0.2, 0) is 24.0 Å². The molecule has 176 valence electrons. The van der Waals surface area contributed by atoms with Crippen LogP contribution in [0.3, 0.4) is 0 Å². The van der Waals surface area contributed by atoms with E-state index in [-0.39, 0.29) is 18.9 Å². The minimum atomic E-state index is -1.64. The molecule has 0 rings (SSSR count). The minimum Gasteiger partial charge on any atom is -0.481 e. The predicted octanol–water partition coefficient (Wildman–Crippen LogP) is -4.61. The van der Waals surface area contributed by atoms with Crippen molar-refractivity contribution in [3.8, 4) is 0 Å². The Kier molecular flexibility index (Phi) is 12.2. The Morgan fingerprint density at radius 1 is 0.968 bits per heavy atom. The fraction of sp³-hybridized carbons (Fsp3) is 0.625. The van der Waals surface area contributed by atoms with Crippen LogP contribution in [0, 0.1) is 0 Å². The number of rotatable bonds is 14. The van der Waals surface area contributed by atoms with Gasteiger partial charge in [0.2, 0.25) is 17.7 Å². The normalized spacial score (nSPS) is 14.3. The van der Waals surface area contributed by atoms with Crippen LogP contribution in [0.1, 0.15) is 26.2 Å². The van der Waals surface area contributed by atoms with Crippen molar-refractivity contribution in [1.82, 2.24) is 16.0 Å². The minimum absolute atomic E-state index is 0.118. The molecule has 15 heteroatoms. The second kappa shape index (κ2) is 13.7. The highest BCUT2D eigenvalue weighted by atomic mass is 16.4. The van der Waals surface area contributed by atoms with E-state index in [0.29, 0.717) is 6.42 Å². The first-order valence-electron chi connectivity index (χ1n) is 9.16. The highest BCUT2D eigenvalue weighted by Gasteiger charge is 2.32. The average molecular weight is 447 g/mol. The maximum absolute atomic E-state index is 12.5. The van der Waals surface area contributed by atoms with E-state index in [9.17, 15) is 29.1 Å². The number of carbonyl (C=O) groups is 5. The highest BCUT2D eigenvalue weighted by Crippen LogP contribution is 2.01. The fourth-order valence-electron chi connectivity index (χ4n) is 2.25. The van der Waals surface area contributed by atoms with Crippen LogP contribution in [0.2, 0.25) is 0 Å². The van der Waals surface area contributed by atoms with Crippen LogP contribution in [0.25, 0.3) is 0 Å². The molecule has 0 aromatic heterocycles. The molecule has 3 amide bonds. The zero-order chi connectivity index (χ0) is 24.1. The van der Waals surface area contributed by atoms with Gasteiger partial charge in [0.1, 0.15) is 18.6 Å². The number of aliphatic imine (C=N–C) groups is 1. The molecule has 0 aliphatic heterocycles. The molecule has 0 saturated carbocycles. The first kappa shape index (κ1) is 27.5. The molecule has 0 fully saturated rings. The summed E-state index contributed by atoms with van der Waals surface area (Å²) < 4.78 is 0. The summed E-state index contributed by atoms with van der Waals surface area (Å²) in [5.41, 5.74) is 16.1. The molecule has 12 N–H and O–H groups in total. The van der Waals surface area contributed by atoms with Gasteiger partial charge in [0.05, 0.1) is 18.6 Å². The molecule has 0 aromatic rings. The van der Waals surface area contributed by atoms with Crippen molar-refractivity contribution in [2.75, 3.05) is 13.1 Å². The van der Waals surface area contributed by atoms with E-state index in [1.807, 2.05) is 5.32 Å². The number of carboxylic acid groups (broad SMARTS) is 2. The zero-order valence-electron chi connectivity index (χ0n) is 16.9. The third-order valence-corrected chi connectivity index (χ3v) is 3.79. The Balaban J connectivity index is 5.06. The van der Waals surface area contributed by atoms with Crippen molar-refractivity contribution in [2.24, 2.45) is 22.2 Å². The molecule has 0 saturated heterocycles. The lowest BCUT2D eigenvalue weighted by molar-refractivity contribution is -0.142. The van der Waals surface area contributed by atoms with Crippen molar-refractivity contribution >= 4 is 35.6 Å². The van der Waals surface area contributed by atoms with E-state index in [0.717, 1.165) is 0 Å². The zero-order valence-corrected chi connectivity index (χ0v) is 16.9. The number of aliphatic hydroxyl groups is 1. The molecule has 4 atom stereocenters. The smallest absolute Gasteiger partial charge is 0.322 e. The lowest BCUT2D eigenvalue weighted by Crippen LogP contribution is -2.59. The number of aliphatic hydroxyl groups excluding tert-OH is 1. The molecule has 0 aliphatic carbocycles. The van der Waals surface area contributed by atoms with E-state index in [1.54, 1.807) is 0 Å². The van der Waals surface area contributed by atoms with Gasteiger partial charge in [-0.2, -0.15) is 0 Å². The first-order valence-corrected chi connectivity index (χ1v) is 9.16. The van der Waals surface area contributed by atoms with Gasteiger partial charge in [-0.1, -0.05) is 0 Å². The van der Waals surface area contributed by atoms with Crippen molar-refractivity contribution in [2.45, 2.75) is 50.4 Å².